The Morgan fingerprint density at radius 1 is 1.53 bits per heavy atom. The summed E-state index contributed by atoms with van der Waals surface area (Å²) in [7, 11) is 3.78. The van der Waals surface area contributed by atoms with Crippen LogP contribution in [0.3, 0.4) is 0 Å². The van der Waals surface area contributed by atoms with Crippen LogP contribution in [-0.2, 0) is 6.54 Å². The summed E-state index contributed by atoms with van der Waals surface area (Å²) in [6.07, 6.45) is 0. The van der Waals surface area contributed by atoms with Crippen LogP contribution in [0, 0.1) is 10.1 Å². The van der Waals surface area contributed by atoms with Crippen LogP contribution >= 0.6 is 15.9 Å². The Morgan fingerprint density at radius 3 is 2.67 bits per heavy atom. The highest BCUT2D eigenvalue weighted by Crippen LogP contribution is 2.22. The highest BCUT2D eigenvalue weighted by atomic mass is 79.9. The quantitative estimate of drug-likeness (QED) is 0.673. The van der Waals surface area contributed by atoms with Crippen LogP contribution < -0.4 is 5.43 Å². The number of hydrogen-bond donors (Lipinski definition) is 1. The lowest BCUT2D eigenvalue weighted by Crippen LogP contribution is -2.29. The van der Waals surface area contributed by atoms with Crippen LogP contribution in [0.15, 0.2) is 22.7 Å². The zero-order chi connectivity index (χ0) is 11.4. The fourth-order valence-electron chi connectivity index (χ4n) is 1.04. The summed E-state index contributed by atoms with van der Waals surface area (Å²) in [5, 5.41) is 12.3. The normalized spacial score (nSPS) is 10.7. The van der Waals surface area contributed by atoms with Crippen LogP contribution in [0.25, 0.3) is 0 Å². The molecule has 0 heterocycles. The smallest absolute Gasteiger partial charge is 0.258 e. The van der Waals surface area contributed by atoms with Gasteiger partial charge in [-0.05, 0) is 11.6 Å². The maximum atomic E-state index is 10.5. The molecule has 82 valence electrons. The van der Waals surface area contributed by atoms with Gasteiger partial charge in [-0.1, -0.05) is 15.9 Å². The summed E-state index contributed by atoms with van der Waals surface area (Å²) < 4.78 is 0.742. The second-order valence-electron chi connectivity index (χ2n) is 3.26. The largest absolute Gasteiger partial charge is 0.270 e. The van der Waals surface area contributed by atoms with Crippen LogP contribution in [-0.4, -0.2) is 24.0 Å². The van der Waals surface area contributed by atoms with Crippen molar-refractivity contribution in [2.24, 2.45) is 0 Å². The van der Waals surface area contributed by atoms with Crippen molar-refractivity contribution in [3.63, 3.8) is 0 Å². The molecule has 0 fully saturated rings. The molecular formula is C9H12BrN3O2. The number of nitro benzene ring substituents is 1. The first-order valence-corrected chi connectivity index (χ1v) is 5.13. The molecule has 0 atom stereocenters. The van der Waals surface area contributed by atoms with Gasteiger partial charge in [0.1, 0.15) is 0 Å². The average molecular weight is 274 g/mol. The van der Waals surface area contributed by atoms with Crippen molar-refractivity contribution < 1.29 is 4.92 Å². The second kappa shape index (κ2) is 5.20. The molecule has 0 amide bonds. The molecule has 0 unspecified atom stereocenters. The lowest BCUT2D eigenvalue weighted by molar-refractivity contribution is -0.384. The van der Waals surface area contributed by atoms with Crippen molar-refractivity contribution in [3.8, 4) is 0 Å². The molecule has 0 bridgehead atoms. The van der Waals surface area contributed by atoms with E-state index >= 15 is 0 Å². The fraction of sp³-hybridized carbons (Fsp3) is 0.333. The molecule has 1 rings (SSSR count). The number of nitro groups is 1. The van der Waals surface area contributed by atoms with Crippen molar-refractivity contribution in [2.75, 3.05) is 14.1 Å². The number of non-ortho nitro benzene ring substituents is 1. The molecule has 0 radical (unpaired) electrons. The molecule has 0 aliphatic rings. The summed E-state index contributed by atoms with van der Waals surface area (Å²) in [6.45, 7) is 0.631. The van der Waals surface area contributed by atoms with Gasteiger partial charge in [-0.3, -0.25) is 20.5 Å². The minimum Gasteiger partial charge on any atom is -0.258 e. The van der Waals surface area contributed by atoms with E-state index in [2.05, 4.69) is 21.4 Å². The maximum absolute atomic E-state index is 10.5. The molecule has 1 N–H and O–H groups in total. The zero-order valence-corrected chi connectivity index (χ0v) is 10.1. The Morgan fingerprint density at radius 2 is 2.20 bits per heavy atom. The highest BCUT2D eigenvalue weighted by molar-refractivity contribution is 9.10. The van der Waals surface area contributed by atoms with E-state index < -0.39 is 4.92 Å². The summed E-state index contributed by atoms with van der Waals surface area (Å²) >= 11 is 3.30. The van der Waals surface area contributed by atoms with E-state index in [4.69, 9.17) is 0 Å². The molecule has 0 saturated carbocycles. The Balaban J connectivity index is 2.79. The monoisotopic (exact) mass is 273 g/mol. The first-order chi connectivity index (χ1) is 7.00. The molecule has 1 aromatic carbocycles. The number of hydrazine groups is 1. The van der Waals surface area contributed by atoms with E-state index in [-0.39, 0.29) is 5.69 Å². The molecule has 6 heteroatoms. The Hall–Kier alpha value is -0.980. The van der Waals surface area contributed by atoms with E-state index in [1.807, 2.05) is 19.1 Å². The van der Waals surface area contributed by atoms with Crippen molar-refractivity contribution in [1.82, 2.24) is 10.4 Å². The topological polar surface area (TPSA) is 58.4 Å². The zero-order valence-electron chi connectivity index (χ0n) is 8.53. The van der Waals surface area contributed by atoms with E-state index in [0.717, 1.165) is 10.0 Å². The van der Waals surface area contributed by atoms with Gasteiger partial charge in [0.25, 0.3) is 5.69 Å². The predicted octanol–water partition coefficient (Wildman–Crippen LogP) is 1.92. The number of halogens is 1. The van der Waals surface area contributed by atoms with Crippen LogP contribution in [0.4, 0.5) is 5.69 Å². The first-order valence-electron chi connectivity index (χ1n) is 4.34. The number of nitrogens with zero attached hydrogens (tertiary/aromatic N) is 2. The van der Waals surface area contributed by atoms with Crippen molar-refractivity contribution in [2.45, 2.75) is 6.54 Å². The maximum Gasteiger partial charge on any atom is 0.270 e. The molecule has 1 aromatic rings. The van der Waals surface area contributed by atoms with Crippen LogP contribution in [0.2, 0.25) is 0 Å². The predicted molar refractivity (Wildman–Crippen MR) is 61.3 cm³/mol. The van der Waals surface area contributed by atoms with Gasteiger partial charge >= 0.3 is 0 Å². The molecule has 0 aromatic heterocycles. The van der Waals surface area contributed by atoms with E-state index in [1.54, 1.807) is 6.07 Å². The van der Waals surface area contributed by atoms with Gasteiger partial charge in [0.15, 0.2) is 0 Å². The Labute approximate surface area is 96.3 Å². The fourth-order valence-corrected chi connectivity index (χ4v) is 1.54. The lowest BCUT2D eigenvalue weighted by Gasteiger charge is -2.12. The molecular weight excluding hydrogens is 262 g/mol. The van der Waals surface area contributed by atoms with Gasteiger partial charge in [-0.25, -0.2) is 0 Å². The van der Waals surface area contributed by atoms with Crippen molar-refractivity contribution in [3.05, 3.63) is 38.3 Å². The number of nitrogens with one attached hydrogen (secondary N) is 1. The average Bonchev–Trinajstić information content (AvgIpc) is 2.15. The molecule has 5 nitrogen and oxygen atoms in total. The van der Waals surface area contributed by atoms with E-state index in [1.165, 1.54) is 12.1 Å². The SMILES string of the molecule is CN(C)NCc1ccc([N+](=O)[O-])cc1Br. The van der Waals surface area contributed by atoms with Gasteiger partial charge < -0.3 is 0 Å². The molecule has 0 aliphatic carbocycles. The summed E-state index contributed by atoms with van der Waals surface area (Å²) in [5.74, 6) is 0. The number of benzene rings is 1. The van der Waals surface area contributed by atoms with Crippen LogP contribution in [0.1, 0.15) is 5.56 Å². The van der Waals surface area contributed by atoms with Crippen molar-refractivity contribution in [1.29, 1.82) is 0 Å². The summed E-state index contributed by atoms with van der Waals surface area (Å²) in [6, 6.07) is 4.74. The van der Waals surface area contributed by atoms with Gasteiger partial charge in [-0.2, -0.15) is 0 Å². The molecule has 0 spiro atoms. The molecule has 0 saturated heterocycles. The van der Waals surface area contributed by atoms with Crippen molar-refractivity contribution >= 4 is 21.6 Å². The minimum atomic E-state index is -0.409. The van der Waals surface area contributed by atoms with Gasteiger partial charge in [0.2, 0.25) is 0 Å². The Kier molecular flexibility index (Phi) is 4.19. The number of hydrogen-bond acceptors (Lipinski definition) is 4. The summed E-state index contributed by atoms with van der Waals surface area (Å²) in [4.78, 5) is 10.1. The lowest BCUT2D eigenvalue weighted by atomic mass is 10.2. The van der Waals surface area contributed by atoms with Gasteiger partial charge in [-0.15, -0.1) is 0 Å². The van der Waals surface area contributed by atoms with Gasteiger partial charge in [0, 0.05) is 37.2 Å². The highest BCUT2D eigenvalue weighted by Gasteiger charge is 2.08. The third-order valence-corrected chi connectivity index (χ3v) is 2.57. The third-order valence-electron chi connectivity index (χ3n) is 1.83. The first kappa shape index (κ1) is 12.1. The second-order valence-corrected chi connectivity index (χ2v) is 4.12. The van der Waals surface area contributed by atoms with E-state index in [9.17, 15) is 10.1 Å². The number of rotatable bonds is 4. The van der Waals surface area contributed by atoms with Crippen LogP contribution in [0.5, 0.6) is 0 Å². The van der Waals surface area contributed by atoms with Gasteiger partial charge in [0.05, 0.1) is 4.92 Å². The minimum absolute atomic E-state index is 0.0930. The molecule has 15 heavy (non-hydrogen) atoms. The van der Waals surface area contributed by atoms with E-state index in [0.29, 0.717) is 6.54 Å². The third kappa shape index (κ3) is 3.58. The molecule has 0 aliphatic heterocycles. The summed E-state index contributed by atoms with van der Waals surface area (Å²) in [5.41, 5.74) is 4.16. The Bertz CT molecular complexity index is 368. The standard InChI is InChI=1S/C9H12BrN3O2/c1-12(2)11-6-7-3-4-8(13(14)15)5-9(7)10/h3-5,11H,6H2,1-2H3.